The number of hydrogen-bond acceptors (Lipinski definition) is 3. The summed E-state index contributed by atoms with van der Waals surface area (Å²) in [5, 5.41) is 6.37. The molecule has 10 heteroatoms. The molecule has 1 amide bonds. The van der Waals surface area contributed by atoms with Gasteiger partial charge in [0.15, 0.2) is 0 Å². The maximum atomic E-state index is 13.8. The van der Waals surface area contributed by atoms with Crippen LogP contribution in [0.4, 0.5) is 27.8 Å². The Balaban J connectivity index is 2.12. The first-order valence-corrected chi connectivity index (χ1v) is 7.52. The minimum atomic E-state index is -4.55. The van der Waals surface area contributed by atoms with E-state index in [1.165, 1.54) is 17.8 Å². The number of amides is 1. The molecular formula is C16H16F5N3O2. The first-order valence-electron chi connectivity index (χ1n) is 7.52. The van der Waals surface area contributed by atoms with Gasteiger partial charge in [0.05, 0.1) is 12.7 Å². The molecule has 1 atom stereocenters. The molecule has 0 bridgehead atoms. The molecule has 1 aromatic carbocycles. The fourth-order valence-electron chi connectivity index (χ4n) is 2.10. The summed E-state index contributed by atoms with van der Waals surface area (Å²) in [4.78, 5) is 12.0. The van der Waals surface area contributed by atoms with E-state index in [2.05, 4.69) is 15.2 Å². The molecule has 0 aliphatic rings. The van der Waals surface area contributed by atoms with Crippen LogP contribution in [-0.2, 0) is 16.1 Å². The van der Waals surface area contributed by atoms with Crippen LogP contribution in [0.5, 0.6) is 0 Å². The summed E-state index contributed by atoms with van der Waals surface area (Å²) in [6.07, 6.45) is -4.54. The third-order valence-electron chi connectivity index (χ3n) is 3.46. The smallest absolute Gasteiger partial charge is 0.359 e. The van der Waals surface area contributed by atoms with Crippen LogP contribution < -0.4 is 5.32 Å². The molecule has 0 radical (unpaired) electrons. The van der Waals surface area contributed by atoms with Crippen molar-refractivity contribution >= 4 is 11.7 Å². The number of aryl methyl sites for hydroxylation is 1. The number of alkyl halides is 3. The highest BCUT2D eigenvalue weighted by atomic mass is 19.4. The van der Waals surface area contributed by atoms with Crippen LogP contribution in [0.25, 0.3) is 0 Å². The molecule has 2 aromatic rings. The van der Waals surface area contributed by atoms with Crippen molar-refractivity contribution in [3.8, 4) is 0 Å². The molecule has 26 heavy (non-hydrogen) atoms. The summed E-state index contributed by atoms with van der Waals surface area (Å²) >= 11 is 0. The maximum Gasteiger partial charge on any atom is 0.411 e. The van der Waals surface area contributed by atoms with Crippen molar-refractivity contribution in [3.05, 3.63) is 47.2 Å². The van der Waals surface area contributed by atoms with Crippen molar-refractivity contribution in [1.29, 1.82) is 0 Å². The van der Waals surface area contributed by atoms with E-state index in [4.69, 9.17) is 0 Å². The molecule has 0 spiro atoms. The molecular weight excluding hydrogens is 361 g/mol. The first-order chi connectivity index (χ1) is 12.1. The molecule has 0 unspecified atom stereocenters. The zero-order valence-electron chi connectivity index (χ0n) is 13.9. The van der Waals surface area contributed by atoms with Gasteiger partial charge in [0.25, 0.3) is 5.91 Å². The van der Waals surface area contributed by atoms with Crippen molar-refractivity contribution in [2.45, 2.75) is 32.7 Å². The van der Waals surface area contributed by atoms with Crippen LogP contribution in [-0.4, -0.2) is 34.6 Å². The molecule has 1 aromatic heterocycles. The van der Waals surface area contributed by atoms with Crippen molar-refractivity contribution in [2.75, 3.05) is 11.9 Å². The van der Waals surface area contributed by atoms with Gasteiger partial charge in [-0.3, -0.25) is 4.79 Å². The highest BCUT2D eigenvalue weighted by Gasteiger charge is 2.30. The maximum absolute atomic E-state index is 13.8. The van der Waals surface area contributed by atoms with E-state index in [9.17, 15) is 26.7 Å². The van der Waals surface area contributed by atoms with Gasteiger partial charge >= 0.3 is 6.18 Å². The van der Waals surface area contributed by atoms with Crippen molar-refractivity contribution in [1.82, 2.24) is 9.78 Å². The van der Waals surface area contributed by atoms with E-state index in [0.717, 1.165) is 18.2 Å². The molecule has 1 N–H and O–H groups in total. The zero-order chi connectivity index (χ0) is 19.5. The Morgan fingerprint density at radius 2 is 2.04 bits per heavy atom. The molecule has 0 aliphatic heterocycles. The van der Waals surface area contributed by atoms with Gasteiger partial charge in [-0.25, -0.2) is 13.5 Å². The fourth-order valence-corrected chi connectivity index (χ4v) is 2.10. The Labute approximate surface area is 145 Å². The molecule has 5 nitrogen and oxygen atoms in total. The summed E-state index contributed by atoms with van der Waals surface area (Å²) in [6.45, 7) is 1.03. The number of anilines is 1. The molecule has 2 rings (SSSR count). The number of carbonyl (C=O) groups excluding carboxylic acids is 1. The Hall–Kier alpha value is -2.49. The Bertz CT molecular complexity index is 789. The molecule has 0 saturated heterocycles. The summed E-state index contributed by atoms with van der Waals surface area (Å²) in [5.41, 5.74) is 0.503. The summed E-state index contributed by atoms with van der Waals surface area (Å²) in [6, 6.07) is 2.93. The van der Waals surface area contributed by atoms with Crippen LogP contribution in [0.1, 0.15) is 18.1 Å². The first kappa shape index (κ1) is 19.8. The highest BCUT2D eigenvalue weighted by Crippen LogP contribution is 2.19. The Kier molecular flexibility index (Phi) is 5.96. The largest absolute Gasteiger partial charge is 0.411 e. The fraction of sp³-hybridized carbons (Fsp3) is 0.375. The van der Waals surface area contributed by atoms with E-state index in [1.54, 1.807) is 6.92 Å². The number of halogens is 5. The highest BCUT2D eigenvalue weighted by molar-refractivity contribution is 5.93. The number of ether oxygens (including phenoxy) is 1. The van der Waals surface area contributed by atoms with Crippen LogP contribution in [0.2, 0.25) is 0 Å². The average molecular weight is 377 g/mol. The number of nitrogens with one attached hydrogen (secondary N) is 1. The van der Waals surface area contributed by atoms with Crippen LogP contribution >= 0.6 is 0 Å². The number of rotatable bonds is 6. The van der Waals surface area contributed by atoms with Crippen LogP contribution in [0.15, 0.2) is 24.4 Å². The zero-order valence-corrected chi connectivity index (χ0v) is 13.9. The summed E-state index contributed by atoms with van der Waals surface area (Å²) in [7, 11) is 0. The third-order valence-corrected chi connectivity index (χ3v) is 3.46. The van der Waals surface area contributed by atoms with Crippen molar-refractivity contribution in [2.24, 2.45) is 0 Å². The molecule has 0 fully saturated rings. The summed E-state index contributed by atoms with van der Waals surface area (Å²) < 4.78 is 69.2. The lowest BCUT2D eigenvalue weighted by molar-refractivity contribution is -0.184. The van der Waals surface area contributed by atoms with Gasteiger partial charge in [-0.05, 0) is 32.0 Å². The lowest BCUT2D eigenvalue weighted by Gasteiger charge is -2.16. The van der Waals surface area contributed by atoms with Crippen molar-refractivity contribution in [3.63, 3.8) is 0 Å². The van der Waals surface area contributed by atoms with Gasteiger partial charge in [-0.1, -0.05) is 0 Å². The number of aromatic nitrogens is 2. The number of hydrogen-bond donors (Lipinski definition) is 1. The van der Waals surface area contributed by atoms with Gasteiger partial charge in [-0.15, -0.1) is 0 Å². The quantitative estimate of drug-likeness (QED) is 0.785. The number of nitrogens with zero attached hydrogens (tertiary/aromatic N) is 2. The molecule has 0 aliphatic carbocycles. The second kappa shape index (κ2) is 7.81. The van der Waals surface area contributed by atoms with E-state index in [-0.39, 0.29) is 17.9 Å². The van der Waals surface area contributed by atoms with E-state index < -0.39 is 36.4 Å². The van der Waals surface area contributed by atoms with E-state index in [0.29, 0.717) is 5.56 Å². The van der Waals surface area contributed by atoms with Gasteiger partial charge in [0.1, 0.15) is 30.2 Å². The van der Waals surface area contributed by atoms with Crippen LogP contribution in [0.3, 0.4) is 0 Å². The number of carbonyl (C=O) groups is 1. The Morgan fingerprint density at radius 1 is 1.35 bits per heavy atom. The molecule has 0 saturated carbocycles. The standard InChI is InChI=1S/C16H16F5N3O2/c1-9-6-22-24(7-11-5-12(17)3-4-13(11)18)14(9)23-15(25)10(2)26-8-16(19,20)21/h3-6,10H,7-8H2,1-2H3,(H,23,25)/t10-/m1/s1. The van der Waals surface area contributed by atoms with E-state index >= 15 is 0 Å². The van der Waals surface area contributed by atoms with E-state index in [1.807, 2.05) is 0 Å². The average Bonchev–Trinajstić information content (AvgIpc) is 2.88. The predicted molar refractivity (Wildman–Crippen MR) is 82.5 cm³/mol. The lowest BCUT2D eigenvalue weighted by Crippen LogP contribution is -2.32. The lowest BCUT2D eigenvalue weighted by atomic mass is 10.2. The minimum absolute atomic E-state index is 0.00460. The summed E-state index contributed by atoms with van der Waals surface area (Å²) in [5.74, 6) is -1.95. The minimum Gasteiger partial charge on any atom is -0.359 e. The molecule has 142 valence electrons. The monoisotopic (exact) mass is 377 g/mol. The molecule has 1 heterocycles. The topological polar surface area (TPSA) is 56.2 Å². The Morgan fingerprint density at radius 3 is 2.69 bits per heavy atom. The van der Waals surface area contributed by atoms with Gasteiger partial charge in [0.2, 0.25) is 0 Å². The second-order valence-corrected chi connectivity index (χ2v) is 5.63. The predicted octanol–water partition coefficient (Wildman–Crippen LogP) is 3.42. The SMILES string of the molecule is Cc1cnn(Cc2cc(F)ccc2F)c1NC(=O)[C@@H](C)OCC(F)(F)F. The number of benzene rings is 1. The second-order valence-electron chi connectivity index (χ2n) is 5.63. The van der Waals surface area contributed by atoms with Crippen molar-refractivity contribution < 1.29 is 31.5 Å². The third kappa shape index (κ3) is 5.25. The normalized spacial score (nSPS) is 12.9. The van der Waals surface area contributed by atoms with Gasteiger partial charge in [0, 0.05) is 11.1 Å². The van der Waals surface area contributed by atoms with Crippen LogP contribution in [0, 0.1) is 18.6 Å². The van der Waals surface area contributed by atoms with Gasteiger partial charge < -0.3 is 10.1 Å². The van der Waals surface area contributed by atoms with Gasteiger partial charge in [-0.2, -0.15) is 18.3 Å².